The molecule has 4 rings (SSSR count). The summed E-state index contributed by atoms with van der Waals surface area (Å²) in [6, 6.07) is 12.3. The van der Waals surface area contributed by atoms with E-state index in [1.165, 1.54) is 6.33 Å². The quantitative estimate of drug-likeness (QED) is 0.470. The molecule has 2 aromatic carbocycles. The van der Waals surface area contributed by atoms with E-state index < -0.39 is 4.92 Å². The number of fused-ring (bicyclic) bond motifs is 1. The van der Waals surface area contributed by atoms with Crippen molar-refractivity contribution in [3.05, 3.63) is 69.5 Å². The fourth-order valence-electron chi connectivity index (χ4n) is 2.71. The summed E-state index contributed by atoms with van der Waals surface area (Å²) in [5, 5.41) is 18.0. The van der Waals surface area contributed by atoms with E-state index in [0.29, 0.717) is 28.8 Å². The molecule has 0 radical (unpaired) electrons. The molecule has 0 spiro atoms. The van der Waals surface area contributed by atoms with Crippen LogP contribution >= 0.6 is 11.6 Å². The Balaban J connectivity index is 1.57. The molecule has 3 aromatic rings. The average Bonchev–Trinajstić information content (AvgIpc) is 3.14. The first-order valence-corrected chi connectivity index (χ1v) is 8.62. The van der Waals surface area contributed by atoms with Crippen LogP contribution in [0.15, 0.2) is 48.8 Å². The molecule has 10 heteroatoms. The first-order valence-electron chi connectivity index (χ1n) is 8.24. The van der Waals surface area contributed by atoms with Gasteiger partial charge in [-0.25, -0.2) is 9.97 Å². The van der Waals surface area contributed by atoms with Gasteiger partial charge < -0.3 is 20.1 Å². The zero-order valence-electron chi connectivity index (χ0n) is 14.4. The van der Waals surface area contributed by atoms with Gasteiger partial charge in [-0.3, -0.25) is 10.1 Å². The number of hydrogen-bond donors (Lipinski definition) is 2. The second-order valence-corrected chi connectivity index (χ2v) is 6.29. The van der Waals surface area contributed by atoms with Crippen molar-refractivity contribution in [3.63, 3.8) is 0 Å². The molecule has 0 fully saturated rings. The summed E-state index contributed by atoms with van der Waals surface area (Å²) in [7, 11) is 0. The third-order valence-corrected chi connectivity index (χ3v) is 4.22. The maximum atomic E-state index is 11.6. The SMILES string of the molecule is O=[N+]([O-])c1c(NCc2ccc3c(c2)OCO3)ncnc1Nc1cccc(Cl)c1. The molecule has 9 nitrogen and oxygen atoms in total. The average molecular weight is 400 g/mol. The van der Waals surface area contributed by atoms with Gasteiger partial charge in [0.1, 0.15) is 6.33 Å². The molecule has 1 aliphatic heterocycles. The van der Waals surface area contributed by atoms with Gasteiger partial charge in [-0.05, 0) is 35.9 Å². The van der Waals surface area contributed by atoms with E-state index in [0.717, 1.165) is 5.56 Å². The number of rotatable bonds is 6. The molecule has 0 atom stereocenters. The second kappa shape index (κ2) is 7.57. The van der Waals surface area contributed by atoms with E-state index in [1.54, 1.807) is 30.3 Å². The lowest BCUT2D eigenvalue weighted by atomic mass is 10.2. The Morgan fingerprint density at radius 1 is 1.11 bits per heavy atom. The number of nitrogens with zero attached hydrogens (tertiary/aromatic N) is 3. The third kappa shape index (κ3) is 3.74. The first kappa shape index (κ1) is 17.8. The predicted molar refractivity (Wildman–Crippen MR) is 103 cm³/mol. The standard InChI is InChI=1S/C18H14ClN5O4/c19-12-2-1-3-13(7-12)23-18-16(24(25)26)17(21-9-22-18)20-8-11-4-5-14-15(6-11)28-10-27-14/h1-7,9H,8,10H2,(H2,20,21,22,23). The van der Waals surface area contributed by atoms with Crippen molar-refractivity contribution in [1.29, 1.82) is 0 Å². The summed E-state index contributed by atoms with van der Waals surface area (Å²) in [4.78, 5) is 19.1. The fourth-order valence-corrected chi connectivity index (χ4v) is 2.90. The van der Waals surface area contributed by atoms with Crippen molar-refractivity contribution < 1.29 is 14.4 Å². The number of aromatic nitrogens is 2. The van der Waals surface area contributed by atoms with E-state index in [9.17, 15) is 10.1 Å². The maximum absolute atomic E-state index is 11.6. The molecule has 0 unspecified atom stereocenters. The van der Waals surface area contributed by atoms with E-state index in [2.05, 4.69) is 20.6 Å². The van der Waals surface area contributed by atoms with E-state index >= 15 is 0 Å². The molecule has 1 aromatic heterocycles. The molecule has 2 N–H and O–H groups in total. The topological polar surface area (TPSA) is 111 Å². The smallest absolute Gasteiger partial charge is 0.353 e. The van der Waals surface area contributed by atoms with E-state index in [4.69, 9.17) is 21.1 Å². The number of halogens is 1. The van der Waals surface area contributed by atoms with Gasteiger partial charge in [0.05, 0.1) is 4.92 Å². The molecular weight excluding hydrogens is 386 g/mol. The zero-order valence-corrected chi connectivity index (χ0v) is 15.1. The lowest BCUT2D eigenvalue weighted by Gasteiger charge is -2.10. The van der Waals surface area contributed by atoms with Crippen LogP contribution in [0.5, 0.6) is 11.5 Å². The Morgan fingerprint density at radius 2 is 1.93 bits per heavy atom. The summed E-state index contributed by atoms with van der Waals surface area (Å²) in [5.41, 5.74) is 1.18. The predicted octanol–water partition coefficient (Wildman–Crippen LogP) is 4.12. The lowest BCUT2D eigenvalue weighted by molar-refractivity contribution is -0.383. The molecule has 0 amide bonds. The number of nitrogens with one attached hydrogen (secondary N) is 2. The van der Waals surface area contributed by atoms with Crippen LogP contribution in [0.3, 0.4) is 0 Å². The highest BCUT2D eigenvalue weighted by atomic mass is 35.5. The second-order valence-electron chi connectivity index (χ2n) is 5.85. The molecule has 28 heavy (non-hydrogen) atoms. The van der Waals surface area contributed by atoms with Crippen molar-refractivity contribution >= 4 is 34.6 Å². The van der Waals surface area contributed by atoms with Crippen LogP contribution in [0.2, 0.25) is 5.02 Å². The summed E-state index contributed by atoms with van der Waals surface area (Å²) in [5.74, 6) is 1.47. The van der Waals surface area contributed by atoms with Crippen LogP contribution in [0.1, 0.15) is 5.56 Å². The molecule has 0 saturated carbocycles. The van der Waals surface area contributed by atoms with Crippen molar-refractivity contribution in [2.24, 2.45) is 0 Å². The van der Waals surface area contributed by atoms with Crippen LogP contribution in [-0.4, -0.2) is 21.7 Å². The number of nitro groups is 1. The number of hydrogen-bond acceptors (Lipinski definition) is 8. The third-order valence-electron chi connectivity index (χ3n) is 3.99. The minimum atomic E-state index is -0.533. The number of benzene rings is 2. The van der Waals surface area contributed by atoms with Crippen molar-refractivity contribution in [1.82, 2.24) is 9.97 Å². The minimum Gasteiger partial charge on any atom is -0.454 e. The van der Waals surface area contributed by atoms with Gasteiger partial charge in [-0.1, -0.05) is 23.7 Å². The van der Waals surface area contributed by atoms with Crippen molar-refractivity contribution in [2.75, 3.05) is 17.4 Å². The van der Waals surface area contributed by atoms with Gasteiger partial charge in [-0.2, -0.15) is 0 Å². The highest BCUT2D eigenvalue weighted by Crippen LogP contribution is 2.34. The summed E-state index contributed by atoms with van der Waals surface area (Å²) >= 11 is 5.96. The van der Waals surface area contributed by atoms with Gasteiger partial charge in [0.2, 0.25) is 18.4 Å². The van der Waals surface area contributed by atoms with Gasteiger partial charge in [0.25, 0.3) is 0 Å². The normalized spacial score (nSPS) is 11.9. The molecule has 0 aliphatic carbocycles. The van der Waals surface area contributed by atoms with Gasteiger partial charge in [0, 0.05) is 17.3 Å². The Hall–Kier alpha value is -3.59. The van der Waals surface area contributed by atoms with Crippen molar-refractivity contribution in [3.8, 4) is 11.5 Å². The van der Waals surface area contributed by atoms with Gasteiger partial charge >= 0.3 is 5.69 Å². The summed E-state index contributed by atoms with van der Waals surface area (Å²) in [6.07, 6.45) is 1.25. The molecule has 0 saturated heterocycles. The van der Waals surface area contributed by atoms with Gasteiger partial charge in [-0.15, -0.1) is 0 Å². The van der Waals surface area contributed by atoms with Crippen LogP contribution in [0.25, 0.3) is 0 Å². The molecular formula is C18H14ClN5O4. The monoisotopic (exact) mass is 399 g/mol. The van der Waals surface area contributed by atoms with Crippen LogP contribution < -0.4 is 20.1 Å². The number of ether oxygens (including phenoxy) is 2. The lowest BCUT2D eigenvalue weighted by Crippen LogP contribution is -2.08. The fraction of sp³-hybridized carbons (Fsp3) is 0.111. The molecule has 142 valence electrons. The van der Waals surface area contributed by atoms with E-state index in [-0.39, 0.29) is 24.1 Å². The van der Waals surface area contributed by atoms with E-state index in [1.807, 2.05) is 12.1 Å². The Morgan fingerprint density at radius 3 is 2.75 bits per heavy atom. The Kier molecular flexibility index (Phi) is 4.81. The number of anilines is 3. The van der Waals surface area contributed by atoms with Crippen LogP contribution in [-0.2, 0) is 6.54 Å². The Labute approximate surface area is 164 Å². The highest BCUT2D eigenvalue weighted by molar-refractivity contribution is 6.30. The highest BCUT2D eigenvalue weighted by Gasteiger charge is 2.23. The summed E-state index contributed by atoms with van der Waals surface area (Å²) < 4.78 is 10.6. The van der Waals surface area contributed by atoms with Crippen LogP contribution in [0.4, 0.5) is 23.0 Å². The Bertz CT molecular complexity index is 1050. The largest absolute Gasteiger partial charge is 0.454 e. The molecule has 1 aliphatic rings. The molecule has 0 bridgehead atoms. The molecule has 2 heterocycles. The van der Waals surface area contributed by atoms with Crippen molar-refractivity contribution in [2.45, 2.75) is 6.54 Å². The first-order chi connectivity index (χ1) is 13.6. The minimum absolute atomic E-state index is 0.0652. The summed E-state index contributed by atoms with van der Waals surface area (Å²) in [6.45, 7) is 0.493. The van der Waals surface area contributed by atoms with Gasteiger partial charge in [0.15, 0.2) is 11.5 Å². The van der Waals surface area contributed by atoms with Crippen LogP contribution in [0, 0.1) is 10.1 Å². The maximum Gasteiger partial charge on any atom is 0.353 e. The zero-order chi connectivity index (χ0) is 19.5.